The molecular formula is C19H31NO. The number of rotatable bonds is 6. The molecule has 0 radical (unpaired) electrons. The molecule has 2 rings (SSSR count). The predicted molar refractivity (Wildman–Crippen MR) is 89.8 cm³/mol. The molecule has 0 spiro atoms. The Morgan fingerprint density at radius 3 is 2.24 bits per heavy atom. The Balaban J connectivity index is 2.35. The van der Waals surface area contributed by atoms with Crippen LogP contribution < -0.4 is 5.32 Å². The molecule has 1 aliphatic rings. The van der Waals surface area contributed by atoms with E-state index in [-0.39, 0.29) is 5.60 Å². The molecule has 2 nitrogen and oxygen atoms in total. The molecule has 0 saturated heterocycles. The molecule has 1 aliphatic carbocycles. The second-order valence-electron chi connectivity index (χ2n) is 6.64. The van der Waals surface area contributed by atoms with Crippen LogP contribution in [0, 0.1) is 13.8 Å². The second kappa shape index (κ2) is 7.42. The summed E-state index contributed by atoms with van der Waals surface area (Å²) in [5, 5.41) is 3.78. The fraction of sp³-hybridized carbons (Fsp3) is 0.684. The molecule has 1 fully saturated rings. The third kappa shape index (κ3) is 3.87. The van der Waals surface area contributed by atoms with Crippen LogP contribution in [0.1, 0.15) is 68.2 Å². The molecule has 0 aliphatic heterocycles. The SMILES string of the molecule is CCCNC(c1cc(C)cc(C)c1)C1(OC)CCCCC1. The highest BCUT2D eigenvalue weighted by Gasteiger charge is 2.40. The van der Waals surface area contributed by atoms with Crippen molar-refractivity contribution in [3.8, 4) is 0 Å². The van der Waals surface area contributed by atoms with Crippen molar-refractivity contribution >= 4 is 0 Å². The fourth-order valence-corrected chi connectivity index (χ4v) is 3.83. The lowest BCUT2D eigenvalue weighted by molar-refractivity contribution is -0.0687. The number of nitrogens with one attached hydrogen (secondary N) is 1. The van der Waals surface area contributed by atoms with E-state index in [0.29, 0.717) is 6.04 Å². The number of methoxy groups -OCH3 is 1. The average molecular weight is 289 g/mol. The van der Waals surface area contributed by atoms with Crippen molar-refractivity contribution in [1.82, 2.24) is 5.32 Å². The normalized spacial score (nSPS) is 19.4. The monoisotopic (exact) mass is 289 g/mol. The molecule has 0 amide bonds. The Bertz CT molecular complexity index is 429. The van der Waals surface area contributed by atoms with Gasteiger partial charge in [0.05, 0.1) is 11.6 Å². The number of hydrogen-bond donors (Lipinski definition) is 1. The molecule has 1 aromatic carbocycles. The van der Waals surface area contributed by atoms with Gasteiger partial charge in [-0.2, -0.15) is 0 Å². The quantitative estimate of drug-likeness (QED) is 0.820. The summed E-state index contributed by atoms with van der Waals surface area (Å²) in [5.41, 5.74) is 4.05. The molecule has 0 bridgehead atoms. The van der Waals surface area contributed by atoms with E-state index < -0.39 is 0 Å². The van der Waals surface area contributed by atoms with Crippen molar-refractivity contribution in [3.05, 3.63) is 34.9 Å². The highest BCUT2D eigenvalue weighted by Crippen LogP contribution is 2.41. The van der Waals surface area contributed by atoms with Crippen LogP contribution in [0.25, 0.3) is 0 Å². The van der Waals surface area contributed by atoms with Crippen LogP contribution in [0.3, 0.4) is 0 Å². The number of ether oxygens (including phenoxy) is 1. The third-order valence-corrected chi connectivity index (χ3v) is 4.81. The fourth-order valence-electron chi connectivity index (χ4n) is 3.83. The second-order valence-corrected chi connectivity index (χ2v) is 6.64. The van der Waals surface area contributed by atoms with Gasteiger partial charge in [-0.3, -0.25) is 0 Å². The molecule has 0 aromatic heterocycles. The summed E-state index contributed by atoms with van der Waals surface area (Å²) in [7, 11) is 1.90. The van der Waals surface area contributed by atoms with Gasteiger partial charge in [0, 0.05) is 7.11 Å². The largest absolute Gasteiger partial charge is 0.376 e. The minimum atomic E-state index is -0.0341. The van der Waals surface area contributed by atoms with Crippen LogP contribution in [0.15, 0.2) is 18.2 Å². The minimum absolute atomic E-state index is 0.0341. The summed E-state index contributed by atoms with van der Waals surface area (Å²) in [5.74, 6) is 0. The Morgan fingerprint density at radius 2 is 1.71 bits per heavy atom. The molecule has 1 N–H and O–H groups in total. The number of benzene rings is 1. The third-order valence-electron chi connectivity index (χ3n) is 4.81. The van der Waals surface area contributed by atoms with Crippen LogP contribution >= 0.6 is 0 Å². The van der Waals surface area contributed by atoms with E-state index in [1.165, 1.54) is 36.0 Å². The first kappa shape index (κ1) is 16.5. The van der Waals surface area contributed by atoms with Gasteiger partial charge in [0.25, 0.3) is 0 Å². The molecule has 118 valence electrons. The van der Waals surface area contributed by atoms with Crippen LogP contribution in [0.5, 0.6) is 0 Å². The summed E-state index contributed by atoms with van der Waals surface area (Å²) in [6, 6.07) is 7.22. The smallest absolute Gasteiger partial charge is 0.0872 e. The van der Waals surface area contributed by atoms with E-state index in [2.05, 4.69) is 44.3 Å². The molecule has 1 unspecified atom stereocenters. The first-order valence-electron chi connectivity index (χ1n) is 8.48. The van der Waals surface area contributed by atoms with E-state index in [4.69, 9.17) is 4.74 Å². The Kier molecular flexibility index (Phi) is 5.83. The van der Waals surface area contributed by atoms with Crippen LogP contribution in [-0.2, 0) is 4.74 Å². The lowest BCUT2D eigenvalue weighted by Crippen LogP contribution is -2.47. The van der Waals surface area contributed by atoms with Crippen LogP contribution in [0.2, 0.25) is 0 Å². The standard InChI is InChI=1S/C19H31NO/c1-5-11-20-18(17-13-15(2)12-16(3)14-17)19(21-4)9-7-6-8-10-19/h12-14,18,20H,5-11H2,1-4H3. The zero-order chi connectivity index (χ0) is 15.3. The van der Waals surface area contributed by atoms with Gasteiger partial charge in [0.2, 0.25) is 0 Å². The van der Waals surface area contributed by atoms with Crippen molar-refractivity contribution in [1.29, 1.82) is 0 Å². The van der Waals surface area contributed by atoms with Crippen molar-refractivity contribution in [2.75, 3.05) is 13.7 Å². The summed E-state index contributed by atoms with van der Waals surface area (Å²) in [6.07, 6.45) is 7.39. The summed E-state index contributed by atoms with van der Waals surface area (Å²) >= 11 is 0. The van der Waals surface area contributed by atoms with E-state index in [0.717, 1.165) is 25.8 Å². The summed E-state index contributed by atoms with van der Waals surface area (Å²) in [4.78, 5) is 0. The van der Waals surface area contributed by atoms with E-state index in [9.17, 15) is 0 Å². The van der Waals surface area contributed by atoms with Gasteiger partial charge in [-0.1, -0.05) is 55.5 Å². The summed E-state index contributed by atoms with van der Waals surface area (Å²) in [6.45, 7) is 7.65. The first-order chi connectivity index (χ1) is 10.1. The predicted octanol–water partition coefficient (Wildman–Crippen LogP) is 4.69. The van der Waals surface area contributed by atoms with E-state index in [1.54, 1.807) is 0 Å². The first-order valence-corrected chi connectivity index (χ1v) is 8.48. The van der Waals surface area contributed by atoms with Crippen molar-refractivity contribution in [3.63, 3.8) is 0 Å². The minimum Gasteiger partial charge on any atom is -0.376 e. The van der Waals surface area contributed by atoms with Gasteiger partial charge in [0.15, 0.2) is 0 Å². The maximum absolute atomic E-state index is 6.11. The molecule has 1 aromatic rings. The number of hydrogen-bond acceptors (Lipinski definition) is 2. The topological polar surface area (TPSA) is 21.3 Å². The maximum atomic E-state index is 6.11. The Labute approximate surface area is 130 Å². The van der Waals surface area contributed by atoms with Gasteiger partial charge in [-0.15, -0.1) is 0 Å². The molecular weight excluding hydrogens is 258 g/mol. The van der Waals surface area contributed by atoms with Crippen molar-refractivity contribution in [2.24, 2.45) is 0 Å². The van der Waals surface area contributed by atoms with Gasteiger partial charge in [-0.05, 0) is 45.2 Å². The summed E-state index contributed by atoms with van der Waals surface area (Å²) < 4.78 is 6.11. The highest BCUT2D eigenvalue weighted by molar-refractivity contribution is 5.32. The lowest BCUT2D eigenvalue weighted by Gasteiger charge is -2.43. The lowest BCUT2D eigenvalue weighted by atomic mass is 9.76. The van der Waals surface area contributed by atoms with E-state index in [1.807, 2.05) is 7.11 Å². The van der Waals surface area contributed by atoms with Gasteiger partial charge < -0.3 is 10.1 Å². The Hall–Kier alpha value is -0.860. The van der Waals surface area contributed by atoms with E-state index >= 15 is 0 Å². The highest BCUT2D eigenvalue weighted by atomic mass is 16.5. The van der Waals surface area contributed by atoms with Crippen LogP contribution in [0.4, 0.5) is 0 Å². The van der Waals surface area contributed by atoms with Gasteiger partial charge in [-0.25, -0.2) is 0 Å². The average Bonchev–Trinajstić information content (AvgIpc) is 2.47. The molecule has 2 heteroatoms. The van der Waals surface area contributed by atoms with Crippen LogP contribution in [-0.4, -0.2) is 19.3 Å². The molecule has 0 heterocycles. The van der Waals surface area contributed by atoms with Gasteiger partial charge >= 0.3 is 0 Å². The zero-order valence-corrected chi connectivity index (χ0v) is 14.2. The number of aryl methyl sites for hydroxylation is 2. The zero-order valence-electron chi connectivity index (χ0n) is 14.2. The van der Waals surface area contributed by atoms with Gasteiger partial charge in [0.1, 0.15) is 0 Å². The molecule has 1 saturated carbocycles. The Morgan fingerprint density at radius 1 is 1.10 bits per heavy atom. The molecule has 21 heavy (non-hydrogen) atoms. The van der Waals surface area contributed by atoms with Crippen molar-refractivity contribution < 1.29 is 4.74 Å². The molecule has 1 atom stereocenters. The maximum Gasteiger partial charge on any atom is 0.0872 e. The van der Waals surface area contributed by atoms with Crippen molar-refractivity contribution in [2.45, 2.75) is 70.9 Å².